The Labute approximate surface area is 145 Å². The zero-order chi connectivity index (χ0) is 17.7. The Bertz CT molecular complexity index is 675. The molecule has 3 atom stereocenters. The van der Waals surface area contributed by atoms with Crippen LogP contribution in [0.25, 0.3) is 0 Å². The van der Waals surface area contributed by atoms with Crippen LogP contribution in [0.15, 0.2) is 11.6 Å². The number of carbonyl (C=O) groups is 2. The van der Waals surface area contributed by atoms with Gasteiger partial charge >= 0.3 is 6.03 Å². The molecule has 0 aliphatic carbocycles. The SMILES string of the molecule is CCC(C)C(NC(=O)NC1CCS(=O)(=O)C1)C(=O)Nc1nccs1. The Morgan fingerprint density at radius 2 is 2.21 bits per heavy atom. The average molecular weight is 374 g/mol. The Balaban J connectivity index is 1.95. The first kappa shape index (κ1) is 18.7. The number of nitrogens with one attached hydrogen (secondary N) is 3. The minimum absolute atomic E-state index is 0.0558. The van der Waals surface area contributed by atoms with Crippen molar-refractivity contribution in [2.75, 3.05) is 16.8 Å². The molecule has 3 N–H and O–H groups in total. The van der Waals surface area contributed by atoms with Crippen LogP contribution < -0.4 is 16.0 Å². The summed E-state index contributed by atoms with van der Waals surface area (Å²) in [6.07, 6.45) is 2.68. The summed E-state index contributed by atoms with van der Waals surface area (Å²) in [6, 6.07) is -1.66. The number of rotatable bonds is 6. The van der Waals surface area contributed by atoms with E-state index in [9.17, 15) is 18.0 Å². The zero-order valence-corrected chi connectivity index (χ0v) is 15.2. The fraction of sp³-hybridized carbons (Fsp3) is 0.643. The number of carbonyl (C=O) groups excluding carboxylic acids is 2. The molecule has 2 heterocycles. The van der Waals surface area contributed by atoms with Gasteiger partial charge in [-0.1, -0.05) is 20.3 Å². The molecule has 0 spiro atoms. The third-order valence-corrected chi connectivity index (χ3v) is 6.47. The monoisotopic (exact) mass is 374 g/mol. The number of thiazole rings is 1. The molecule has 0 radical (unpaired) electrons. The first-order chi connectivity index (χ1) is 11.3. The molecular formula is C14H22N4O4S2. The molecule has 3 amide bonds. The number of anilines is 1. The maximum Gasteiger partial charge on any atom is 0.315 e. The van der Waals surface area contributed by atoms with Gasteiger partial charge in [0.05, 0.1) is 11.5 Å². The number of sulfone groups is 1. The van der Waals surface area contributed by atoms with Crippen LogP contribution in [-0.2, 0) is 14.6 Å². The topological polar surface area (TPSA) is 117 Å². The van der Waals surface area contributed by atoms with Crippen molar-refractivity contribution >= 4 is 38.2 Å². The molecule has 3 unspecified atom stereocenters. The third-order valence-electron chi connectivity index (χ3n) is 4.01. The number of urea groups is 1. The fourth-order valence-electron chi connectivity index (χ4n) is 2.45. The Hall–Kier alpha value is -1.68. The van der Waals surface area contributed by atoms with E-state index in [0.717, 1.165) is 0 Å². The van der Waals surface area contributed by atoms with Crippen molar-refractivity contribution in [1.29, 1.82) is 0 Å². The summed E-state index contributed by atoms with van der Waals surface area (Å²) in [4.78, 5) is 28.5. The normalized spacial score (nSPS) is 21.7. The maximum atomic E-state index is 12.4. The molecule has 1 aliphatic rings. The summed E-state index contributed by atoms with van der Waals surface area (Å²) in [5.41, 5.74) is 0. The van der Waals surface area contributed by atoms with Crippen LogP contribution in [0.1, 0.15) is 26.7 Å². The molecule has 0 saturated carbocycles. The van der Waals surface area contributed by atoms with E-state index in [-0.39, 0.29) is 23.3 Å². The lowest BCUT2D eigenvalue weighted by molar-refractivity contribution is -0.119. The van der Waals surface area contributed by atoms with E-state index in [2.05, 4.69) is 20.9 Å². The average Bonchev–Trinajstić information content (AvgIpc) is 3.13. The predicted octanol–water partition coefficient (Wildman–Crippen LogP) is 0.983. The van der Waals surface area contributed by atoms with Gasteiger partial charge in [0.25, 0.3) is 0 Å². The molecule has 1 aromatic rings. The maximum absolute atomic E-state index is 12.4. The van der Waals surface area contributed by atoms with Crippen molar-refractivity contribution in [2.45, 2.75) is 38.8 Å². The van der Waals surface area contributed by atoms with Crippen molar-refractivity contribution in [1.82, 2.24) is 15.6 Å². The van der Waals surface area contributed by atoms with E-state index in [1.54, 1.807) is 11.6 Å². The minimum Gasteiger partial charge on any atom is -0.334 e. The van der Waals surface area contributed by atoms with Gasteiger partial charge in [-0.05, 0) is 12.3 Å². The highest BCUT2D eigenvalue weighted by molar-refractivity contribution is 7.91. The van der Waals surface area contributed by atoms with E-state index in [4.69, 9.17) is 0 Å². The number of nitrogens with zero attached hydrogens (tertiary/aromatic N) is 1. The smallest absolute Gasteiger partial charge is 0.315 e. The molecule has 1 aromatic heterocycles. The van der Waals surface area contributed by atoms with E-state index >= 15 is 0 Å². The molecule has 2 rings (SSSR count). The van der Waals surface area contributed by atoms with Crippen LogP contribution in [0, 0.1) is 5.92 Å². The molecule has 1 saturated heterocycles. The van der Waals surface area contributed by atoms with Crippen molar-refractivity contribution in [2.24, 2.45) is 5.92 Å². The summed E-state index contributed by atoms with van der Waals surface area (Å²) < 4.78 is 22.9. The van der Waals surface area contributed by atoms with Gasteiger partial charge in [0.1, 0.15) is 6.04 Å². The summed E-state index contributed by atoms with van der Waals surface area (Å²) in [5, 5.41) is 10.2. The number of aromatic nitrogens is 1. The van der Waals surface area contributed by atoms with E-state index in [1.807, 2.05) is 13.8 Å². The summed E-state index contributed by atoms with van der Waals surface area (Å²) in [7, 11) is -3.07. The number of hydrogen-bond donors (Lipinski definition) is 3. The van der Waals surface area contributed by atoms with Crippen LogP contribution in [0.4, 0.5) is 9.93 Å². The van der Waals surface area contributed by atoms with Crippen molar-refractivity contribution < 1.29 is 18.0 Å². The van der Waals surface area contributed by atoms with E-state index in [1.165, 1.54) is 11.3 Å². The van der Waals surface area contributed by atoms with Gasteiger partial charge in [-0.3, -0.25) is 4.79 Å². The van der Waals surface area contributed by atoms with Crippen molar-refractivity contribution in [3.63, 3.8) is 0 Å². The Morgan fingerprint density at radius 3 is 2.75 bits per heavy atom. The van der Waals surface area contributed by atoms with Crippen LogP contribution in [-0.4, -0.2) is 48.9 Å². The predicted molar refractivity (Wildman–Crippen MR) is 92.7 cm³/mol. The third kappa shape index (κ3) is 5.17. The molecule has 134 valence electrons. The van der Waals surface area contributed by atoms with E-state index in [0.29, 0.717) is 18.0 Å². The van der Waals surface area contributed by atoms with Gasteiger partial charge in [0, 0.05) is 17.6 Å². The summed E-state index contributed by atoms with van der Waals surface area (Å²) in [6.45, 7) is 3.80. The second-order valence-electron chi connectivity index (χ2n) is 5.91. The first-order valence-electron chi connectivity index (χ1n) is 7.78. The lowest BCUT2D eigenvalue weighted by Gasteiger charge is -2.24. The molecule has 0 bridgehead atoms. The summed E-state index contributed by atoms with van der Waals surface area (Å²) >= 11 is 1.29. The van der Waals surface area contributed by atoms with E-state index < -0.39 is 28.0 Å². The lowest BCUT2D eigenvalue weighted by Crippen LogP contribution is -2.53. The minimum atomic E-state index is -3.07. The van der Waals surface area contributed by atoms with Gasteiger partial charge in [-0.25, -0.2) is 18.2 Å². The Morgan fingerprint density at radius 1 is 1.46 bits per heavy atom. The highest BCUT2D eigenvalue weighted by Crippen LogP contribution is 2.15. The highest BCUT2D eigenvalue weighted by atomic mass is 32.2. The summed E-state index contributed by atoms with van der Waals surface area (Å²) in [5.74, 6) is -0.395. The Kier molecular flexibility index (Phi) is 6.16. The van der Waals surface area contributed by atoms with Crippen molar-refractivity contribution in [3.8, 4) is 0 Å². The lowest BCUT2D eigenvalue weighted by atomic mass is 9.98. The van der Waals surface area contributed by atoms with Crippen molar-refractivity contribution in [3.05, 3.63) is 11.6 Å². The van der Waals surface area contributed by atoms with Crippen LogP contribution in [0.2, 0.25) is 0 Å². The molecule has 10 heteroatoms. The number of hydrogen-bond acceptors (Lipinski definition) is 6. The van der Waals surface area contributed by atoms with Gasteiger partial charge in [0.15, 0.2) is 15.0 Å². The molecule has 1 aliphatic heterocycles. The molecule has 24 heavy (non-hydrogen) atoms. The molecule has 8 nitrogen and oxygen atoms in total. The van der Waals surface area contributed by atoms with Gasteiger partial charge in [0.2, 0.25) is 5.91 Å². The fourth-order valence-corrected chi connectivity index (χ4v) is 4.65. The van der Waals surface area contributed by atoms with Gasteiger partial charge < -0.3 is 16.0 Å². The highest BCUT2D eigenvalue weighted by Gasteiger charge is 2.31. The van der Waals surface area contributed by atoms with Crippen LogP contribution in [0.3, 0.4) is 0 Å². The largest absolute Gasteiger partial charge is 0.334 e. The van der Waals surface area contributed by atoms with Gasteiger partial charge in [-0.2, -0.15) is 0 Å². The molecule has 1 fully saturated rings. The second kappa shape index (κ2) is 7.93. The van der Waals surface area contributed by atoms with Crippen LogP contribution in [0.5, 0.6) is 0 Å². The quantitative estimate of drug-likeness (QED) is 0.686. The van der Waals surface area contributed by atoms with Crippen LogP contribution >= 0.6 is 11.3 Å². The molecule has 0 aromatic carbocycles. The standard InChI is InChI=1S/C14H22N4O4S2/c1-3-9(2)11(12(19)18-14-15-5-6-23-14)17-13(20)16-10-4-7-24(21,22)8-10/h5-6,9-11H,3-4,7-8H2,1-2H3,(H,15,18,19)(H2,16,17,20). The second-order valence-corrected chi connectivity index (χ2v) is 9.03. The zero-order valence-electron chi connectivity index (χ0n) is 13.6. The molecular weight excluding hydrogens is 352 g/mol. The van der Waals surface area contributed by atoms with Gasteiger partial charge in [-0.15, -0.1) is 11.3 Å². The first-order valence-corrected chi connectivity index (χ1v) is 10.5. The number of amides is 3.